The third-order valence-corrected chi connectivity index (χ3v) is 4.33. The monoisotopic (exact) mass is 356 g/mol. The number of nitrogens with one attached hydrogen (secondary N) is 1. The second kappa shape index (κ2) is 11.2. The first kappa shape index (κ1) is 20.6. The second-order valence-corrected chi connectivity index (χ2v) is 5.98. The zero-order valence-corrected chi connectivity index (χ0v) is 15.1. The number of benzene rings is 1. The molecule has 1 unspecified atom stereocenters. The van der Waals surface area contributed by atoms with Gasteiger partial charge in [0.1, 0.15) is 0 Å². The molecule has 3 N–H and O–H groups in total. The molecule has 0 heterocycles. The fourth-order valence-corrected chi connectivity index (χ4v) is 3.14. The minimum absolute atomic E-state index is 0. The number of nitrogens with two attached hydrogens (primary N) is 1. The number of hydrogen-bond acceptors (Lipinski definition) is 4. The molecule has 0 aromatic heterocycles. The number of amides is 1. The Labute approximate surface area is 150 Å². The number of carbonyl (C=O) groups excluding carboxylic acids is 1. The van der Waals surface area contributed by atoms with Crippen molar-refractivity contribution in [2.45, 2.75) is 45.1 Å². The molecule has 1 amide bonds. The number of carbonyl (C=O) groups is 1. The molecule has 6 heteroatoms. The summed E-state index contributed by atoms with van der Waals surface area (Å²) in [5, 5.41) is 3.03. The minimum atomic E-state index is -0.127. The van der Waals surface area contributed by atoms with Crippen LogP contribution in [0.15, 0.2) is 24.3 Å². The molecule has 5 nitrogen and oxygen atoms in total. The van der Waals surface area contributed by atoms with Crippen molar-refractivity contribution >= 4 is 18.3 Å². The molecular formula is C18H29ClN2O3. The van der Waals surface area contributed by atoms with Crippen molar-refractivity contribution in [3.8, 4) is 11.5 Å². The number of halogens is 1. The zero-order chi connectivity index (χ0) is 16.5. The Balaban J connectivity index is 0.00000288. The Morgan fingerprint density at radius 2 is 1.83 bits per heavy atom. The summed E-state index contributed by atoms with van der Waals surface area (Å²) in [5.74, 6) is 1.61. The topological polar surface area (TPSA) is 73.6 Å². The van der Waals surface area contributed by atoms with E-state index in [0.717, 1.165) is 12.8 Å². The second-order valence-electron chi connectivity index (χ2n) is 5.98. The molecule has 1 aromatic rings. The lowest BCUT2D eigenvalue weighted by atomic mass is 9.84. The summed E-state index contributed by atoms with van der Waals surface area (Å²) in [5.41, 5.74) is 5.85. The van der Waals surface area contributed by atoms with Crippen LogP contribution in [0.25, 0.3) is 0 Å². The van der Waals surface area contributed by atoms with Crippen LogP contribution in [0.1, 0.15) is 39.0 Å². The van der Waals surface area contributed by atoms with Crippen molar-refractivity contribution in [2.75, 3.05) is 19.8 Å². The van der Waals surface area contributed by atoms with Gasteiger partial charge in [-0.15, -0.1) is 12.4 Å². The van der Waals surface area contributed by atoms with Crippen LogP contribution in [0.5, 0.6) is 11.5 Å². The predicted octanol–water partition coefficient (Wildman–Crippen LogP) is 2.91. The lowest BCUT2D eigenvalue weighted by Crippen LogP contribution is -2.47. The zero-order valence-electron chi connectivity index (χ0n) is 14.3. The third kappa shape index (κ3) is 6.21. The molecule has 1 saturated carbocycles. The average Bonchev–Trinajstić information content (AvgIpc) is 2.60. The van der Waals surface area contributed by atoms with Crippen LogP contribution in [-0.4, -0.2) is 31.7 Å². The molecular weight excluding hydrogens is 328 g/mol. The SMILES string of the molecule is CCOc1ccccc1OCC(=O)NC(CN)C1CCCCC1.Cl. The van der Waals surface area contributed by atoms with E-state index in [1.54, 1.807) is 6.07 Å². The maximum atomic E-state index is 12.2. The molecule has 24 heavy (non-hydrogen) atoms. The Morgan fingerprint density at radius 3 is 2.42 bits per heavy atom. The quantitative estimate of drug-likeness (QED) is 0.751. The van der Waals surface area contributed by atoms with Gasteiger partial charge >= 0.3 is 0 Å². The lowest BCUT2D eigenvalue weighted by molar-refractivity contribution is -0.124. The number of para-hydroxylation sites is 2. The predicted molar refractivity (Wildman–Crippen MR) is 97.9 cm³/mol. The van der Waals surface area contributed by atoms with Crippen LogP contribution in [0.2, 0.25) is 0 Å². The van der Waals surface area contributed by atoms with E-state index in [2.05, 4.69) is 5.32 Å². The fraction of sp³-hybridized carbons (Fsp3) is 0.611. The summed E-state index contributed by atoms with van der Waals surface area (Å²) in [4.78, 5) is 12.2. The number of ether oxygens (including phenoxy) is 2. The highest BCUT2D eigenvalue weighted by Gasteiger charge is 2.24. The van der Waals surface area contributed by atoms with Gasteiger partial charge in [0, 0.05) is 12.6 Å². The van der Waals surface area contributed by atoms with Gasteiger partial charge < -0.3 is 20.5 Å². The van der Waals surface area contributed by atoms with Gasteiger partial charge in [0.15, 0.2) is 18.1 Å². The Kier molecular flexibility index (Phi) is 9.57. The minimum Gasteiger partial charge on any atom is -0.490 e. The molecule has 2 rings (SSSR count). The fourth-order valence-electron chi connectivity index (χ4n) is 3.14. The number of rotatable bonds is 8. The van der Waals surface area contributed by atoms with Crippen molar-refractivity contribution in [2.24, 2.45) is 11.7 Å². The van der Waals surface area contributed by atoms with Crippen molar-refractivity contribution in [1.29, 1.82) is 0 Å². The van der Waals surface area contributed by atoms with Gasteiger partial charge in [-0.3, -0.25) is 4.79 Å². The first-order chi connectivity index (χ1) is 11.2. The van der Waals surface area contributed by atoms with Crippen LogP contribution in [0, 0.1) is 5.92 Å². The van der Waals surface area contributed by atoms with Crippen LogP contribution in [-0.2, 0) is 4.79 Å². The maximum absolute atomic E-state index is 12.2. The van der Waals surface area contributed by atoms with E-state index in [1.165, 1.54) is 19.3 Å². The molecule has 1 atom stereocenters. The van der Waals surface area contributed by atoms with E-state index in [1.807, 2.05) is 25.1 Å². The third-order valence-electron chi connectivity index (χ3n) is 4.33. The molecule has 0 spiro atoms. The van der Waals surface area contributed by atoms with Gasteiger partial charge in [0.25, 0.3) is 5.91 Å². The first-order valence-electron chi connectivity index (χ1n) is 8.58. The van der Waals surface area contributed by atoms with Crippen molar-refractivity contribution in [1.82, 2.24) is 5.32 Å². The van der Waals surface area contributed by atoms with Crippen LogP contribution < -0.4 is 20.5 Å². The van der Waals surface area contributed by atoms with Gasteiger partial charge in [-0.05, 0) is 37.8 Å². The Morgan fingerprint density at radius 1 is 1.21 bits per heavy atom. The van der Waals surface area contributed by atoms with Crippen LogP contribution >= 0.6 is 12.4 Å². The summed E-state index contributed by atoms with van der Waals surface area (Å²) in [6.45, 7) is 2.93. The van der Waals surface area contributed by atoms with Crippen LogP contribution in [0.4, 0.5) is 0 Å². The molecule has 0 radical (unpaired) electrons. The van der Waals surface area contributed by atoms with E-state index in [-0.39, 0.29) is 31.0 Å². The van der Waals surface area contributed by atoms with Gasteiger partial charge in [-0.1, -0.05) is 31.4 Å². The summed E-state index contributed by atoms with van der Waals surface area (Å²) in [6.07, 6.45) is 6.05. The summed E-state index contributed by atoms with van der Waals surface area (Å²) < 4.78 is 11.1. The highest BCUT2D eigenvalue weighted by Crippen LogP contribution is 2.27. The van der Waals surface area contributed by atoms with Crippen LogP contribution in [0.3, 0.4) is 0 Å². The summed E-state index contributed by atoms with van der Waals surface area (Å²) >= 11 is 0. The molecule has 0 bridgehead atoms. The molecule has 1 aliphatic carbocycles. The summed E-state index contributed by atoms with van der Waals surface area (Å²) in [7, 11) is 0. The largest absolute Gasteiger partial charge is 0.490 e. The summed E-state index contributed by atoms with van der Waals surface area (Å²) in [6, 6.07) is 7.43. The lowest BCUT2D eigenvalue weighted by Gasteiger charge is -2.30. The maximum Gasteiger partial charge on any atom is 0.258 e. The molecule has 0 saturated heterocycles. The molecule has 1 aromatic carbocycles. The molecule has 1 fully saturated rings. The van der Waals surface area contributed by atoms with E-state index < -0.39 is 0 Å². The van der Waals surface area contributed by atoms with Gasteiger partial charge in [-0.2, -0.15) is 0 Å². The normalized spacial score (nSPS) is 15.9. The highest BCUT2D eigenvalue weighted by atomic mass is 35.5. The average molecular weight is 357 g/mol. The smallest absolute Gasteiger partial charge is 0.258 e. The molecule has 136 valence electrons. The van der Waals surface area contributed by atoms with Gasteiger partial charge in [-0.25, -0.2) is 0 Å². The highest BCUT2D eigenvalue weighted by molar-refractivity contribution is 5.85. The Hall–Kier alpha value is -1.46. The van der Waals surface area contributed by atoms with Crippen molar-refractivity contribution < 1.29 is 14.3 Å². The van der Waals surface area contributed by atoms with Crippen molar-refractivity contribution in [3.63, 3.8) is 0 Å². The van der Waals surface area contributed by atoms with E-state index in [0.29, 0.717) is 30.6 Å². The molecule has 1 aliphatic rings. The van der Waals surface area contributed by atoms with E-state index in [9.17, 15) is 4.79 Å². The molecule has 0 aliphatic heterocycles. The number of hydrogen-bond donors (Lipinski definition) is 2. The van der Waals surface area contributed by atoms with E-state index in [4.69, 9.17) is 15.2 Å². The van der Waals surface area contributed by atoms with Gasteiger partial charge in [0.2, 0.25) is 0 Å². The van der Waals surface area contributed by atoms with Crippen molar-refractivity contribution in [3.05, 3.63) is 24.3 Å². The Bertz CT molecular complexity index is 493. The standard InChI is InChI=1S/C18H28N2O3.ClH/c1-2-22-16-10-6-7-11-17(16)23-13-18(21)20-15(12-19)14-8-4-3-5-9-14;/h6-7,10-11,14-15H,2-5,8-9,12-13,19H2,1H3,(H,20,21);1H. The van der Waals surface area contributed by atoms with Gasteiger partial charge in [0.05, 0.1) is 6.61 Å². The van der Waals surface area contributed by atoms with E-state index >= 15 is 0 Å². The first-order valence-corrected chi connectivity index (χ1v) is 8.58.